The Kier molecular flexibility index (Phi) is 5.72. The second-order valence-corrected chi connectivity index (χ2v) is 7.50. The van der Waals surface area contributed by atoms with Crippen LogP contribution in [0, 0.1) is 17.2 Å². The first-order valence-electron chi connectivity index (χ1n) is 10.0. The van der Waals surface area contributed by atoms with Gasteiger partial charge in [0.05, 0.1) is 22.6 Å². The number of rotatable bonds is 7. The number of carbonyl (C=O) groups is 1. The number of carbonyl (C=O) groups excluding carboxylic acids is 1. The zero-order chi connectivity index (χ0) is 21.8. The van der Waals surface area contributed by atoms with E-state index in [1.165, 1.54) is 0 Å². The molecule has 31 heavy (non-hydrogen) atoms. The molecule has 1 unspecified atom stereocenters. The Labute approximate surface area is 179 Å². The highest BCUT2D eigenvalue weighted by Crippen LogP contribution is 2.23. The fourth-order valence-electron chi connectivity index (χ4n) is 3.29. The Hall–Kier alpha value is -4.05. The lowest BCUT2D eigenvalue weighted by atomic mass is 10.0. The van der Waals surface area contributed by atoms with E-state index in [0.29, 0.717) is 22.9 Å². The van der Waals surface area contributed by atoms with E-state index < -0.39 is 0 Å². The number of fused-ring (bicyclic) bond motifs is 1. The summed E-state index contributed by atoms with van der Waals surface area (Å²) >= 11 is 0. The Morgan fingerprint density at radius 1 is 1.16 bits per heavy atom. The Balaban J connectivity index is 1.45. The van der Waals surface area contributed by atoms with E-state index in [0.717, 1.165) is 11.0 Å². The van der Waals surface area contributed by atoms with Crippen LogP contribution in [0.2, 0.25) is 0 Å². The number of nitrogens with one attached hydrogen (secondary N) is 2. The van der Waals surface area contributed by atoms with Crippen LogP contribution in [0.15, 0.2) is 65.1 Å². The number of hydrogen-bond donors (Lipinski definition) is 2. The average Bonchev–Trinajstić information content (AvgIpc) is 3.42. The molecular weight excluding hydrogens is 392 g/mol. The smallest absolute Gasteiger partial charge is 0.287 e. The Morgan fingerprint density at radius 3 is 2.71 bits per heavy atom. The third-order valence-corrected chi connectivity index (χ3v) is 4.92. The lowest BCUT2D eigenvalue weighted by Gasteiger charge is -2.19. The van der Waals surface area contributed by atoms with E-state index in [1.807, 2.05) is 38.1 Å². The summed E-state index contributed by atoms with van der Waals surface area (Å²) in [5, 5.41) is 12.2. The highest BCUT2D eigenvalue weighted by Gasteiger charge is 2.24. The van der Waals surface area contributed by atoms with E-state index in [1.54, 1.807) is 36.4 Å². The predicted octanol–water partition coefficient (Wildman–Crippen LogP) is 4.73. The van der Waals surface area contributed by atoms with Crippen molar-refractivity contribution in [1.82, 2.24) is 15.3 Å². The van der Waals surface area contributed by atoms with Crippen LogP contribution in [0.25, 0.3) is 11.0 Å². The van der Waals surface area contributed by atoms with Crippen LogP contribution in [-0.2, 0) is 6.61 Å². The van der Waals surface area contributed by atoms with E-state index in [4.69, 9.17) is 14.4 Å². The number of H-pyrrole nitrogens is 1. The normalized spacial score (nSPS) is 11.9. The molecule has 0 radical (unpaired) electrons. The number of nitrogens with zero attached hydrogens (tertiary/aromatic N) is 2. The monoisotopic (exact) mass is 414 g/mol. The Bertz CT molecular complexity index is 1220. The summed E-state index contributed by atoms with van der Waals surface area (Å²) in [7, 11) is 0. The van der Waals surface area contributed by atoms with E-state index in [2.05, 4.69) is 21.4 Å². The number of nitriles is 1. The number of hydrogen-bond acceptors (Lipinski definition) is 5. The van der Waals surface area contributed by atoms with Crippen molar-refractivity contribution in [2.24, 2.45) is 5.92 Å². The van der Waals surface area contributed by atoms with Crippen LogP contribution >= 0.6 is 0 Å². The molecule has 1 atom stereocenters. The number of aromatic amines is 1. The summed E-state index contributed by atoms with van der Waals surface area (Å²) in [6, 6.07) is 19.8. The zero-order valence-corrected chi connectivity index (χ0v) is 17.3. The van der Waals surface area contributed by atoms with Crippen molar-refractivity contribution >= 4 is 16.9 Å². The predicted molar refractivity (Wildman–Crippen MR) is 115 cm³/mol. The first-order valence-corrected chi connectivity index (χ1v) is 10.0. The minimum Gasteiger partial charge on any atom is -0.484 e. The molecule has 7 heteroatoms. The number of furan rings is 1. The minimum atomic E-state index is -0.331. The fraction of sp³-hybridized carbons (Fsp3) is 0.208. The van der Waals surface area contributed by atoms with Crippen LogP contribution in [0.5, 0.6) is 5.75 Å². The minimum absolute atomic E-state index is 0.114. The maximum Gasteiger partial charge on any atom is 0.287 e. The van der Waals surface area contributed by atoms with Gasteiger partial charge in [-0.1, -0.05) is 38.1 Å². The van der Waals surface area contributed by atoms with Crippen LogP contribution in [0.4, 0.5) is 0 Å². The van der Waals surface area contributed by atoms with Gasteiger partial charge in [0.25, 0.3) is 5.91 Å². The second kappa shape index (κ2) is 8.76. The standard InChI is InChI=1S/C24H22N4O3/c1-15(2)22(23-26-18-8-4-5-9-19(18)27-23)28-24(29)21-12-11-17(31-21)14-30-20-10-6-3-7-16(20)13-25/h3-12,15,22H,14H2,1-2H3,(H,26,27)(H,28,29). The summed E-state index contributed by atoms with van der Waals surface area (Å²) in [5.74, 6) is 1.63. The van der Waals surface area contributed by atoms with Crippen molar-refractivity contribution in [2.75, 3.05) is 0 Å². The van der Waals surface area contributed by atoms with Crippen molar-refractivity contribution in [2.45, 2.75) is 26.5 Å². The number of aromatic nitrogens is 2. The molecule has 0 saturated heterocycles. The van der Waals surface area contributed by atoms with Crippen molar-refractivity contribution in [3.05, 3.63) is 83.6 Å². The molecule has 156 valence electrons. The van der Waals surface area contributed by atoms with Crippen molar-refractivity contribution < 1.29 is 13.9 Å². The van der Waals surface area contributed by atoms with Crippen LogP contribution in [-0.4, -0.2) is 15.9 Å². The second-order valence-electron chi connectivity index (χ2n) is 7.50. The van der Waals surface area contributed by atoms with Crippen molar-refractivity contribution in [1.29, 1.82) is 5.26 Å². The average molecular weight is 414 g/mol. The molecule has 2 aromatic carbocycles. The topological polar surface area (TPSA) is 104 Å². The molecule has 0 saturated carbocycles. The highest BCUT2D eigenvalue weighted by atomic mass is 16.5. The number of ether oxygens (including phenoxy) is 1. The molecule has 0 spiro atoms. The van der Waals surface area contributed by atoms with Crippen molar-refractivity contribution in [3.8, 4) is 11.8 Å². The first kappa shape index (κ1) is 20.2. The molecule has 2 N–H and O–H groups in total. The van der Waals surface area contributed by atoms with Crippen LogP contribution in [0.1, 0.15) is 47.6 Å². The number of imidazole rings is 1. The molecule has 0 aliphatic rings. The van der Waals surface area contributed by atoms with Gasteiger partial charge in [-0.05, 0) is 42.3 Å². The van der Waals surface area contributed by atoms with Crippen LogP contribution in [0.3, 0.4) is 0 Å². The summed E-state index contributed by atoms with van der Waals surface area (Å²) < 4.78 is 11.3. The molecule has 0 aliphatic heterocycles. The fourth-order valence-corrected chi connectivity index (χ4v) is 3.29. The van der Waals surface area contributed by atoms with E-state index in [9.17, 15) is 4.79 Å². The van der Waals surface area contributed by atoms with Crippen LogP contribution < -0.4 is 10.1 Å². The molecule has 0 fully saturated rings. The van der Waals surface area contributed by atoms with Gasteiger partial charge in [0.15, 0.2) is 5.76 Å². The molecular formula is C24H22N4O3. The third-order valence-electron chi connectivity index (χ3n) is 4.92. The maximum atomic E-state index is 12.8. The molecule has 0 bridgehead atoms. The van der Waals surface area contributed by atoms with Gasteiger partial charge < -0.3 is 19.5 Å². The van der Waals surface area contributed by atoms with Gasteiger partial charge in [0.2, 0.25) is 0 Å². The van der Waals surface area contributed by atoms with Gasteiger partial charge in [-0.3, -0.25) is 4.79 Å². The quantitative estimate of drug-likeness (QED) is 0.455. The lowest BCUT2D eigenvalue weighted by molar-refractivity contribution is 0.0891. The number of benzene rings is 2. The molecule has 0 aliphatic carbocycles. The Morgan fingerprint density at radius 2 is 1.94 bits per heavy atom. The summed E-state index contributed by atoms with van der Waals surface area (Å²) in [6.07, 6.45) is 0. The number of para-hydroxylation sites is 3. The van der Waals surface area contributed by atoms with Crippen molar-refractivity contribution in [3.63, 3.8) is 0 Å². The molecule has 2 aromatic heterocycles. The van der Waals surface area contributed by atoms with Gasteiger partial charge in [-0.15, -0.1) is 0 Å². The van der Waals surface area contributed by atoms with Gasteiger partial charge in [0, 0.05) is 0 Å². The number of amides is 1. The van der Waals surface area contributed by atoms with Gasteiger partial charge in [-0.2, -0.15) is 5.26 Å². The summed E-state index contributed by atoms with van der Waals surface area (Å²) in [6.45, 7) is 4.15. The van der Waals surface area contributed by atoms with E-state index in [-0.39, 0.29) is 30.2 Å². The molecule has 7 nitrogen and oxygen atoms in total. The molecule has 4 aromatic rings. The third kappa shape index (κ3) is 4.43. The highest BCUT2D eigenvalue weighted by molar-refractivity contribution is 5.91. The summed E-state index contributed by atoms with van der Waals surface area (Å²) in [5.41, 5.74) is 2.22. The zero-order valence-electron chi connectivity index (χ0n) is 17.3. The largest absolute Gasteiger partial charge is 0.484 e. The molecule has 1 amide bonds. The summed E-state index contributed by atoms with van der Waals surface area (Å²) in [4.78, 5) is 20.7. The molecule has 4 rings (SSSR count). The van der Waals surface area contributed by atoms with E-state index >= 15 is 0 Å². The lowest BCUT2D eigenvalue weighted by Crippen LogP contribution is -2.32. The van der Waals surface area contributed by atoms with Gasteiger partial charge in [0.1, 0.15) is 30.0 Å². The first-order chi connectivity index (χ1) is 15.0. The van der Waals surface area contributed by atoms with Gasteiger partial charge in [-0.25, -0.2) is 4.98 Å². The van der Waals surface area contributed by atoms with Gasteiger partial charge >= 0.3 is 0 Å². The SMILES string of the molecule is CC(C)C(NC(=O)c1ccc(COc2ccccc2C#N)o1)c1nc2ccccc2[nH]1. The maximum absolute atomic E-state index is 12.8. The molecule has 2 heterocycles.